The van der Waals surface area contributed by atoms with Gasteiger partial charge in [0.05, 0.1) is 6.04 Å². The van der Waals surface area contributed by atoms with Gasteiger partial charge in [-0.3, -0.25) is 4.79 Å². The van der Waals surface area contributed by atoms with Crippen molar-refractivity contribution in [3.05, 3.63) is 65.7 Å². The molecule has 0 saturated carbocycles. The SMILES string of the molecule is Cc1ccc(N2CC(NC(=O)NC(C)CCc3ccccc3)CC2=O)cc1. The van der Waals surface area contributed by atoms with Crippen LogP contribution in [-0.4, -0.2) is 30.6 Å². The summed E-state index contributed by atoms with van der Waals surface area (Å²) >= 11 is 0. The Balaban J connectivity index is 1.45. The number of nitrogens with zero attached hydrogens (tertiary/aromatic N) is 1. The fourth-order valence-electron chi connectivity index (χ4n) is 3.33. The Morgan fingerprint density at radius 3 is 2.56 bits per heavy atom. The average molecular weight is 365 g/mol. The van der Waals surface area contributed by atoms with E-state index in [4.69, 9.17) is 0 Å². The number of nitrogens with one attached hydrogen (secondary N) is 2. The van der Waals surface area contributed by atoms with E-state index in [1.807, 2.05) is 56.3 Å². The predicted octanol–water partition coefficient (Wildman–Crippen LogP) is 3.42. The van der Waals surface area contributed by atoms with Crippen molar-refractivity contribution in [3.8, 4) is 0 Å². The number of hydrogen-bond acceptors (Lipinski definition) is 2. The summed E-state index contributed by atoms with van der Waals surface area (Å²) < 4.78 is 0. The van der Waals surface area contributed by atoms with Crippen molar-refractivity contribution in [1.82, 2.24) is 10.6 Å². The Hall–Kier alpha value is -2.82. The summed E-state index contributed by atoms with van der Waals surface area (Å²) in [4.78, 5) is 26.3. The van der Waals surface area contributed by atoms with Crippen LogP contribution in [0, 0.1) is 6.92 Å². The molecule has 2 unspecified atom stereocenters. The van der Waals surface area contributed by atoms with Gasteiger partial charge in [-0.2, -0.15) is 0 Å². The fourth-order valence-corrected chi connectivity index (χ4v) is 3.33. The number of amides is 3. The normalized spacial score (nSPS) is 17.6. The molecule has 0 radical (unpaired) electrons. The molecule has 2 atom stereocenters. The van der Waals surface area contributed by atoms with Crippen LogP contribution in [0.5, 0.6) is 0 Å². The molecule has 1 aliphatic rings. The predicted molar refractivity (Wildman–Crippen MR) is 108 cm³/mol. The maximum absolute atomic E-state index is 12.3. The highest BCUT2D eigenvalue weighted by Crippen LogP contribution is 2.21. The second-order valence-electron chi connectivity index (χ2n) is 7.28. The molecule has 0 aliphatic carbocycles. The van der Waals surface area contributed by atoms with E-state index >= 15 is 0 Å². The second-order valence-corrected chi connectivity index (χ2v) is 7.28. The Morgan fingerprint density at radius 1 is 1.15 bits per heavy atom. The van der Waals surface area contributed by atoms with Crippen LogP contribution in [0.1, 0.15) is 30.9 Å². The average Bonchev–Trinajstić information content (AvgIpc) is 3.01. The lowest BCUT2D eigenvalue weighted by Gasteiger charge is -2.19. The minimum atomic E-state index is -0.209. The van der Waals surface area contributed by atoms with E-state index in [0.717, 1.165) is 24.1 Å². The quantitative estimate of drug-likeness (QED) is 0.824. The number of hydrogen-bond donors (Lipinski definition) is 2. The van der Waals surface area contributed by atoms with Gasteiger partial charge in [0, 0.05) is 24.7 Å². The lowest BCUT2D eigenvalue weighted by atomic mass is 10.1. The van der Waals surface area contributed by atoms with E-state index in [-0.39, 0.29) is 24.0 Å². The van der Waals surface area contributed by atoms with Crippen molar-refractivity contribution in [2.24, 2.45) is 0 Å². The van der Waals surface area contributed by atoms with Gasteiger partial charge in [0.2, 0.25) is 5.91 Å². The molecular weight excluding hydrogens is 338 g/mol. The first-order chi connectivity index (χ1) is 13.0. The smallest absolute Gasteiger partial charge is 0.315 e. The standard InChI is InChI=1S/C22H27N3O2/c1-16-8-12-20(13-9-16)25-15-19(14-21(25)26)24-22(27)23-17(2)10-11-18-6-4-3-5-7-18/h3-9,12-13,17,19H,10-11,14-15H2,1-2H3,(H2,23,24,27). The topological polar surface area (TPSA) is 61.4 Å². The van der Waals surface area contributed by atoms with Crippen molar-refractivity contribution in [1.29, 1.82) is 0 Å². The van der Waals surface area contributed by atoms with Crippen molar-refractivity contribution in [2.45, 2.75) is 45.2 Å². The highest BCUT2D eigenvalue weighted by Gasteiger charge is 2.31. The molecule has 1 saturated heterocycles. The monoisotopic (exact) mass is 365 g/mol. The van der Waals surface area contributed by atoms with Gasteiger partial charge < -0.3 is 15.5 Å². The highest BCUT2D eigenvalue weighted by atomic mass is 16.2. The summed E-state index contributed by atoms with van der Waals surface area (Å²) in [5.74, 6) is 0.0429. The minimum Gasteiger partial charge on any atom is -0.336 e. The van der Waals surface area contributed by atoms with Crippen LogP contribution in [0.4, 0.5) is 10.5 Å². The van der Waals surface area contributed by atoms with Gasteiger partial charge in [-0.25, -0.2) is 4.79 Å². The number of carbonyl (C=O) groups excluding carboxylic acids is 2. The Labute approximate surface area is 160 Å². The van der Waals surface area contributed by atoms with Gasteiger partial charge in [-0.1, -0.05) is 48.0 Å². The maximum Gasteiger partial charge on any atom is 0.315 e. The van der Waals surface area contributed by atoms with E-state index in [2.05, 4.69) is 22.8 Å². The molecule has 2 aromatic carbocycles. The lowest BCUT2D eigenvalue weighted by Crippen LogP contribution is -2.46. The summed E-state index contributed by atoms with van der Waals surface area (Å²) in [6, 6.07) is 17.8. The van der Waals surface area contributed by atoms with Crippen molar-refractivity contribution in [2.75, 3.05) is 11.4 Å². The van der Waals surface area contributed by atoms with Gasteiger partial charge in [0.25, 0.3) is 0 Å². The third-order valence-electron chi connectivity index (χ3n) is 4.89. The number of aryl methyl sites for hydroxylation is 2. The van der Waals surface area contributed by atoms with Crippen LogP contribution in [0.25, 0.3) is 0 Å². The molecular formula is C22H27N3O2. The highest BCUT2D eigenvalue weighted by molar-refractivity contribution is 5.96. The van der Waals surface area contributed by atoms with Gasteiger partial charge >= 0.3 is 6.03 Å². The summed E-state index contributed by atoms with van der Waals surface area (Å²) in [6.45, 7) is 4.53. The molecule has 142 valence electrons. The zero-order chi connectivity index (χ0) is 19.2. The van der Waals surface area contributed by atoms with Gasteiger partial charge in [0.15, 0.2) is 0 Å². The molecule has 3 rings (SSSR count). The molecule has 1 heterocycles. The number of benzene rings is 2. The molecule has 2 N–H and O–H groups in total. The molecule has 3 amide bonds. The van der Waals surface area contributed by atoms with E-state index in [0.29, 0.717) is 13.0 Å². The number of urea groups is 1. The molecule has 0 bridgehead atoms. The molecule has 0 spiro atoms. The van der Waals surface area contributed by atoms with Crippen molar-refractivity contribution >= 4 is 17.6 Å². The van der Waals surface area contributed by atoms with E-state index in [9.17, 15) is 9.59 Å². The van der Waals surface area contributed by atoms with Crippen molar-refractivity contribution < 1.29 is 9.59 Å². The van der Waals surface area contributed by atoms with Crippen LogP contribution in [0.2, 0.25) is 0 Å². The van der Waals surface area contributed by atoms with Crippen LogP contribution < -0.4 is 15.5 Å². The fraction of sp³-hybridized carbons (Fsp3) is 0.364. The van der Waals surface area contributed by atoms with Crippen LogP contribution in [0.15, 0.2) is 54.6 Å². The molecule has 5 heteroatoms. The van der Waals surface area contributed by atoms with Gasteiger partial charge in [-0.15, -0.1) is 0 Å². The number of rotatable bonds is 6. The third kappa shape index (κ3) is 5.33. The Morgan fingerprint density at radius 2 is 1.85 bits per heavy atom. The van der Waals surface area contributed by atoms with Gasteiger partial charge in [0.1, 0.15) is 0 Å². The third-order valence-corrected chi connectivity index (χ3v) is 4.89. The van der Waals surface area contributed by atoms with E-state index in [1.54, 1.807) is 4.90 Å². The lowest BCUT2D eigenvalue weighted by molar-refractivity contribution is -0.117. The summed E-state index contributed by atoms with van der Waals surface area (Å²) in [5.41, 5.74) is 3.30. The molecule has 1 fully saturated rings. The molecule has 1 aliphatic heterocycles. The van der Waals surface area contributed by atoms with Crippen molar-refractivity contribution in [3.63, 3.8) is 0 Å². The van der Waals surface area contributed by atoms with Crippen LogP contribution in [0.3, 0.4) is 0 Å². The second kappa shape index (κ2) is 8.71. The number of carbonyl (C=O) groups is 2. The van der Waals surface area contributed by atoms with Crippen LogP contribution in [-0.2, 0) is 11.2 Å². The maximum atomic E-state index is 12.3. The van der Waals surface area contributed by atoms with E-state index < -0.39 is 0 Å². The first-order valence-corrected chi connectivity index (χ1v) is 9.49. The molecule has 0 aromatic heterocycles. The number of anilines is 1. The summed E-state index contributed by atoms with van der Waals surface area (Å²) in [7, 11) is 0. The zero-order valence-electron chi connectivity index (χ0n) is 15.9. The Bertz CT molecular complexity index is 774. The first kappa shape index (κ1) is 19.0. The largest absolute Gasteiger partial charge is 0.336 e. The first-order valence-electron chi connectivity index (χ1n) is 9.49. The van der Waals surface area contributed by atoms with E-state index in [1.165, 1.54) is 5.56 Å². The zero-order valence-corrected chi connectivity index (χ0v) is 15.9. The molecule has 2 aromatic rings. The minimum absolute atomic E-state index is 0.0429. The molecule has 27 heavy (non-hydrogen) atoms. The van der Waals surface area contributed by atoms with Gasteiger partial charge in [-0.05, 0) is 44.4 Å². The Kier molecular flexibility index (Phi) is 6.12. The summed E-state index contributed by atoms with van der Waals surface area (Å²) in [6.07, 6.45) is 2.13. The van der Waals surface area contributed by atoms with Crippen LogP contribution >= 0.6 is 0 Å². The molecule has 5 nitrogen and oxygen atoms in total. The summed E-state index contributed by atoms with van der Waals surface area (Å²) in [5, 5.41) is 5.91.